The Bertz CT molecular complexity index is 1010. The number of furan rings is 1. The summed E-state index contributed by atoms with van der Waals surface area (Å²) in [5.41, 5.74) is 3.37. The number of hydrogen-bond acceptors (Lipinski definition) is 4. The Morgan fingerprint density at radius 2 is 1.88 bits per heavy atom. The van der Waals surface area contributed by atoms with Crippen LogP contribution < -0.4 is 0 Å². The summed E-state index contributed by atoms with van der Waals surface area (Å²) in [5.74, 6) is 0.501. The number of para-hydroxylation sites is 1. The van der Waals surface area contributed by atoms with Gasteiger partial charge in [0, 0.05) is 10.9 Å². The predicted octanol–water partition coefficient (Wildman–Crippen LogP) is 4.13. The lowest BCUT2D eigenvalue weighted by atomic mass is 10.1. The van der Waals surface area contributed by atoms with E-state index >= 15 is 0 Å². The minimum absolute atomic E-state index is 0.347. The Morgan fingerprint density at radius 3 is 2.60 bits per heavy atom. The third-order valence-corrected chi connectivity index (χ3v) is 4.12. The van der Waals surface area contributed by atoms with Crippen LogP contribution in [-0.2, 0) is 11.3 Å². The van der Waals surface area contributed by atoms with E-state index in [2.05, 4.69) is 0 Å². The van der Waals surface area contributed by atoms with Gasteiger partial charge in [-0.3, -0.25) is 4.68 Å². The molecule has 5 heteroatoms. The van der Waals surface area contributed by atoms with Crippen LogP contribution in [0.15, 0.2) is 71.3 Å². The maximum Gasteiger partial charge on any atom is 0.337 e. The molecule has 0 atom stereocenters. The van der Waals surface area contributed by atoms with E-state index in [1.807, 2.05) is 53.2 Å². The number of rotatable bonds is 4. The van der Waals surface area contributed by atoms with Gasteiger partial charge in [0.15, 0.2) is 0 Å². The quantitative estimate of drug-likeness (QED) is 0.527. The second-order valence-corrected chi connectivity index (χ2v) is 5.67. The number of aromatic nitrogens is 2. The molecule has 25 heavy (non-hydrogen) atoms. The van der Waals surface area contributed by atoms with Crippen molar-refractivity contribution in [1.82, 2.24) is 9.78 Å². The first-order chi connectivity index (χ1) is 12.3. The summed E-state index contributed by atoms with van der Waals surface area (Å²) in [7, 11) is 1.38. The van der Waals surface area contributed by atoms with E-state index in [0.29, 0.717) is 12.1 Å². The van der Waals surface area contributed by atoms with Gasteiger partial charge in [0.25, 0.3) is 0 Å². The molecular formula is C20H16N2O3. The maximum absolute atomic E-state index is 11.6. The Balaban J connectivity index is 1.78. The van der Waals surface area contributed by atoms with E-state index in [-0.39, 0.29) is 5.97 Å². The Hall–Kier alpha value is -3.34. The molecule has 0 saturated heterocycles. The third kappa shape index (κ3) is 2.80. The summed E-state index contributed by atoms with van der Waals surface area (Å²) >= 11 is 0. The first-order valence-corrected chi connectivity index (χ1v) is 7.93. The average molecular weight is 332 g/mol. The molecule has 5 nitrogen and oxygen atoms in total. The number of nitrogens with zero attached hydrogens (tertiary/aromatic N) is 2. The second kappa shape index (κ2) is 6.28. The van der Waals surface area contributed by atoms with Crippen LogP contribution in [0.25, 0.3) is 22.2 Å². The van der Waals surface area contributed by atoms with Gasteiger partial charge in [0.2, 0.25) is 0 Å². The largest absolute Gasteiger partial charge is 0.467 e. The summed E-state index contributed by atoms with van der Waals surface area (Å²) in [6.07, 6.45) is 1.66. The molecule has 0 amide bonds. The molecule has 2 heterocycles. The molecule has 0 bridgehead atoms. The minimum atomic E-state index is -0.347. The molecule has 0 aliphatic carbocycles. The van der Waals surface area contributed by atoms with E-state index < -0.39 is 0 Å². The molecule has 0 unspecified atom stereocenters. The van der Waals surface area contributed by atoms with Gasteiger partial charge >= 0.3 is 5.97 Å². The van der Waals surface area contributed by atoms with Crippen LogP contribution in [0.4, 0.5) is 0 Å². The molecule has 4 rings (SSSR count). The summed E-state index contributed by atoms with van der Waals surface area (Å²) in [4.78, 5) is 11.6. The summed E-state index contributed by atoms with van der Waals surface area (Å²) in [6.45, 7) is 0.563. The van der Waals surface area contributed by atoms with Crippen LogP contribution >= 0.6 is 0 Å². The minimum Gasteiger partial charge on any atom is -0.467 e. The van der Waals surface area contributed by atoms with Crippen LogP contribution in [0, 0.1) is 0 Å². The number of carbonyl (C=O) groups excluding carboxylic acids is 1. The molecule has 124 valence electrons. The highest BCUT2D eigenvalue weighted by Gasteiger charge is 2.14. The van der Waals surface area contributed by atoms with Crippen LogP contribution in [-0.4, -0.2) is 22.9 Å². The third-order valence-electron chi connectivity index (χ3n) is 4.12. The molecule has 2 aromatic carbocycles. The highest BCUT2D eigenvalue weighted by atomic mass is 16.5. The van der Waals surface area contributed by atoms with Gasteiger partial charge in [-0.2, -0.15) is 5.10 Å². The van der Waals surface area contributed by atoms with E-state index in [1.165, 1.54) is 7.11 Å². The van der Waals surface area contributed by atoms with Crippen molar-refractivity contribution in [2.24, 2.45) is 0 Å². The topological polar surface area (TPSA) is 57.3 Å². The van der Waals surface area contributed by atoms with Crippen molar-refractivity contribution in [2.45, 2.75) is 6.54 Å². The average Bonchev–Trinajstić information content (AvgIpc) is 3.30. The Kier molecular flexibility index (Phi) is 3.82. The molecule has 4 aromatic rings. The van der Waals surface area contributed by atoms with Gasteiger partial charge < -0.3 is 9.15 Å². The number of fused-ring (bicyclic) bond motifs is 1. The lowest BCUT2D eigenvalue weighted by Gasteiger charge is -2.01. The molecule has 0 N–H and O–H groups in total. The SMILES string of the molecule is COC(=O)c1ccc(-c2nn(Cc3ccco3)c3ccccc23)cc1. The highest BCUT2D eigenvalue weighted by molar-refractivity contribution is 5.94. The van der Waals surface area contributed by atoms with Gasteiger partial charge in [-0.25, -0.2) is 4.79 Å². The van der Waals surface area contributed by atoms with E-state index in [0.717, 1.165) is 27.9 Å². The summed E-state index contributed by atoms with van der Waals surface area (Å²) in [5, 5.41) is 5.83. The van der Waals surface area contributed by atoms with Crippen molar-refractivity contribution in [3.63, 3.8) is 0 Å². The van der Waals surface area contributed by atoms with E-state index in [1.54, 1.807) is 18.4 Å². The fraction of sp³-hybridized carbons (Fsp3) is 0.100. The van der Waals surface area contributed by atoms with Crippen LogP contribution in [0.5, 0.6) is 0 Å². The molecule has 0 radical (unpaired) electrons. The van der Waals surface area contributed by atoms with Crippen molar-refractivity contribution >= 4 is 16.9 Å². The highest BCUT2D eigenvalue weighted by Crippen LogP contribution is 2.28. The monoisotopic (exact) mass is 332 g/mol. The smallest absolute Gasteiger partial charge is 0.337 e. The molecule has 0 fully saturated rings. The summed E-state index contributed by atoms with van der Waals surface area (Å²) in [6, 6.07) is 19.1. The number of esters is 1. The maximum atomic E-state index is 11.6. The van der Waals surface area contributed by atoms with Gasteiger partial charge in [-0.05, 0) is 30.3 Å². The fourth-order valence-electron chi connectivity index (χ4n) is 2.89. The molecule has 0 aliphatic heterocycles. The second-order valence-electron chi connectivity index (χ2n) is 5.67. The normalized spacial score (nSPS) is 10.9. The number of hydrogen-bond donors (Lipinski definition) is 0. The van der Waals surface area contributed by atoms with E-state index in [4.69, 9.17) is 14.3 Å². The predicted molar refractivity (Wildman–Crippen MR) is 94.3 cm³/mol. The fourth-order valence-corrected chi connectivity index (χ4v) is 2.89. The molecule has 0 saturated carbocycles. The lowest BCUT2D eigenvalue weighted by molar-refractivity contribution is 0.0601. The zero-order chi connectivity index (χ0) is 17.2. The van der Waals surface area contributed by atoms with Gasteiger partial charge in [-0.15, -0.1) is 0 Å². The molecule has 0 aliphatic rings. The molecule has 0 spiro atoms. The number of carbonyl (C=O) groups is 1. The standard InChI is InChI=1S/C20H16N2O3/c1-24-20(23)15-10-8-14(9-11-15)19-17-6-2-3-7-18(17)22(21-19)13-16-5-4-12-25-16/h2-12H,13H2,1H3. The van der Waals surface area contributed by atoms with Crippen LogP contribution in [0.3, 0.4) is 0 Å². The van der Waals surface area contributed by atoms with Crippen molar-refractivity contribution in [3.05, 3.63) is 78.3 Å². The van der Waals surface area contributed by atoms with Crippen molar-refractivity contribution in [2.75, 3.05) is 7.11 Å². The van der Waals surface area contributed by atoms with Gasteiger partial charge in [0.05, 0.1) is 31.0 Å². The van der Waals surface area contributed by atoms with Crippen molar-refractivity contribution < 1.29 is 13.9 Å². The van der Waals surface area contributed by atoms with Gasteiger partial charge in [-0.1, -0.05) is 30.3 Å². The first kappa shape index (κ1) is 15.2. The first-order valence-electron chi connectivity index (χ1n) is 7.93. The zero-order valence-corrected chi connectivity index (χ0v) is 13.7. The zero-order valence-electron chi connectivity index (χ0n) is 13.7. The van der Waals surface area contributed by atoms with Crippen molar-refractivity contribution in [1.29, 1.82) is 0 Å². The van der Waals surface area contributed by atoms with Gasteiger partial charge in [0.1, 0.15) is 11.5 Å². The molecule has 2 aromatic heterocycles. The number of benzene rings is 2. The Morgan fingerprint density at radius 1 is 1.08 bits per heavy atom. The van der Waals surface area contributed by atoms with Crippen LogP contribution in [0.2, 0.25) is 0 Å². The Labute approximate surface area is 144 Å². The van der Waals surface area contributed by atoms with Crippen LogP contribution in [0.1, 0.15) is 16.1 Å². The number of ether oxygens (including phenoxy) is 1. The number of methoxy groups -OCH3 is 1. The summed E-state index contributed by atoms with van der Waals surface area (Å²) < 4.78 is 12.1. The van der Waals surface area contributed by atoms with E-state index in [9.17, 15) is 4.79 Å². The molecular weight excluding hydrogens is 316 g/mol. The lowest BCUT2D eigenvalue weighted by Crippen LogP contribution is -2.01. The van der Waals surface area contributed by atoms with Crippen molar-refractivity contribution in [3.8, 4) is 11.3 Å².